The summed E-state index contributed by atoms with van der Waals surface area (Å²) >= 11 is 5.87. The summed E-state index contributed by atoms with van der Waals surface area (Å²) in [5.74, 6) is 1.71. The number of aromatic nitrogens is 2. The Kier molecular flexibility index (Phi) is 5.94. The fraction of sp³-hybridized carbons (Fsp3) is 0.500. The van der Waals surface area contributed by atoms with E-state index >= 15 is 0 Å². The third-order valence-electron chi connectivity index (χ3n) is 5.75. The van der Waals surface area contributed by atoms with E-state index in [4.69, 9.17) is 11.6 Å². The number of anilines is 2. The first-order valence-electron chi connectivity index (χ1n) is 10.1. The number of piperidine rings is 1. The second-order valence-corrected chi connectivity index (χ2v) is 10.0. The molecule has 156 valence electrons. The van der Waals surface area contributed by atoms with Crippen molar-refractivity contribution in [1.82, 2.24) is 14.5 Å². The molecule has 0 N–H and O–H groups in total. The van der Waals surface area contributed by atoms with Crippen LogP contribution in [0.3, 0.4) is 0 Å². The van der Waals surface area contributed by atoms with E-state index in [0.29, 0.717) is 37.2 Å². The lowest BCUT2D eigenvalue weighted by Crippen LogP contribution is -2.49. The van der Waals surface area contributed by atoms with Crippen LogP contribution in [0.25, 0.3) is 0 Å². The average molecular weight is 436 g/mol. The number of benzene rings is 1. The van der Waals surface area contributed by atoms with Gasteiger partial charge in [0.1, 0.15) is 0 Å². The van der Waals surface area contributed by atoms with Crippen LogP contribution in [-0.4, -0.2) is 61.7 Å². The molecule has 3 heterocycles. The summed E-state index contributed by atoms with van der Waals surface area (Å²) in [5.41, 5.74) is 0. The molecule has 0 aliphatic carbocycles. The molecule has 7 nitrogen and oxygen atoms in total. The van der Waals surface area contributed by atoms with E-state index in [1.165, 1.54) is 23.6 Å². The zero-order chi connectivity index (χ0) is 20.4. The summed E-state index contributed by atoms with van der Waals surface area (Å²) in [5, 5.41) is 9.38. The molecule has 2 aliphatic rings. The van der Waals surface area contributed by atoms with Gasteiger partial charge in [-0.05, 0) is 62.6 Å². The molecule has 0 saturated carbocycles. The van der Waals surface area contributed by atoms with Crippen LogP contribution in [0.15, 0.2) is 41.3 Å². The van der Waals surface area contributed by atoms with Gasteiger partial charge in [0.25, 0.3) is 0 Å². The van der Waals surface area contributed by atoms with Crippen LogP contribution >= 0.6 is 11.6 Å². The van der Waals surface area contributed by atoms with Gasteiger partial charge in [0.15, 0.2) is 11.6 Å². The minimum atomic E-state index is -3.51. The van der Waals surface area contributed by atoms with Crippen molar-refractivity contribution in [2.45, 2.75) is 37.1 Å². The molecule has 1 aromatic heterocycles. The minimum absolute atomic E-state index is 0.273. The number of hydrogen-bond donors (Lipinski definition) is 0. The topological polar surface area (TPSA) is 69.6 Å². The van der Waals surface area contributed by atoms with E-state index in [1.54, 1.807) is 24.3 Å². The van der Waals surface area contributed by atoms with Gasteiger partial charge in [0.2, 0.25) is 10.0 Å². The lowest BCUT2D eigenvalue weighted by molar-refractivity contribution is 0.383. The molecule has 9 heteroatoms. The molecule has 2 saturated heterocycles. The summed E-state index contributed by atoms with van der Waals surface area (Å²) < 4.78 is 27.2. The highest BCUT2D eigenvalue weighted by molar-refractivity contribution is 7.89. The number of sulfonamides is 1. The molecule has 4 rings (SSSR count). The predicted octanol–water partition coefficient (Wildman–Crippen LogP) is 3.02. The molecule has 2 aliphatic heterocycles. The van der Waals surface area contributed by atoms with Crippen molar-refractivity contribution in [3.8, 4) is 0 Å². The van der Waals surface area contributed by atoms with Gasteiger partial charge < -0.3 is 9.80 Å². The van der Waals surface area contributed by atoms with E-state index in [9.17, 15) is 8.42 Å². The SMILES string of the molecule is C[C@H]1CCCCN1c1ccc(N2CCN(S(=O)(=O)c3ccc(Cl)cc3)CC2)nn1. The molecule has 2 fully saturated rings. The van der Waals surface area contributed by atoms with Gasteiger partial charge in [-0.1, -0.05) is 11.6 Å². The Balaban J connectivity index is 1.40. The van der Waals surface area contributed by atoms with Crippen molar-refractivity contribution in [1.29, 1.82) is 0 Å². The molecule has 2 aromatic rings. The van der Waals surface area contributed by atoms with Crippen molar-refractivity contribution in [3.63, 3.8) is 0 Å². The number of halogens is 1. The molecule has 1 aromatic carbocycles. The molecule has 0 radical (unpaired) electrons. The summed E-state index contributed by atoms with van der Waals surface area (Å²) in [6.45, 7) is 5.25. The van der Waals surface area contributed by atoms with E-state index in [2.05, 4.69) is 26.9 Å². The third-order valence-corrected chi connectivity index (χ3v) is 7.91. The minimum Gasteiger partial charge on any atom is -0.352 e. The highest BCUT2D eigenvalue weighted by atomic mass is 35.5. The molecule has 0 bridgehead atoms. The van der Waals surface area contributed by atoms with Crippen molar-refractivity contribution in [2.75, 3.05) is 42.5 Å². The van der Waals surface area contributed by atoms with E-state index in [1.807, 2.05) is 12.1 Å². The zero-order valence-corrected chi connectivity index (χ0v) is 18.1. The smallest absolute Gasteiger partial charge is 0.243 e. The zero-order valence-electron chi connectivity index (χ0n) is 16.5. The van der Waals surface area contributed by atoms with E-state index in [0.717, 1.165) is 18.2 Å². The van der Waals surface area contributed by atoms with Crippen molar-refractivity contribution in [2.24, 2.45) is 0 Å². The van der Waals surface area contributed by atoms with Gasteiger partial charge >= 0.3 is 0 Å². The molecule has 0 amide bonds. The molecule has 29 heavy (non-hydrogen) atoms. The third kappa shape index (κ3) is 4.34. The normalized spacial score (nSPS) is 21.4. The summed E-state index contributed by atoms with van der Waals surface area (Å²) in [7, 11) is -3.51. The Hall–Kier alpha value is -1.90. The van der Waals surface area contributed by atoms with Gasteiger partial charge in [-0.25, -0.2) is 8.42 Å². The number of piperazine rings is 1. The van der Waals surface area contributed by atoms with Crippen LogP contribution in [0.5, 0.6) is 0 Å². The summed E-state index contributed by atoms with van der Waals surface area (Å²) in [4.78, 5) is 4.68. The lowest BCUT2D eigenvalue weighted by Gasteiger charge is -2.35. The molecule has 0 spiro atoms. The second kappa shape index (κ2) is 8.45. The predicted molar refractivity (Wildman–Crippen MR) is 115 cm³/mol. The maximum atomic E-state index is 12.8. The van der Waals surface area contributed by atoms with E-state index in [-0.39, 0.29) is 4.90 Å². The standard InChI is InChI=1S/C20H26ClN5O2S/c1-16-4-2-3-11-26(16)20-10-9-19(22-23-20)24-12-14-25(15-13-24)29(27,28)18-7-5-17(21)6-8-18/h5-10,16H,2-4,11-15H2,1H3/t16-/m0/s1. The van der Waals surface area contributed by atoms with Gasteiger partial charge in [-0.15, -0.1) is 10.2 Å². The van der Waals surface area contributed by atoms with Crippen molar-refractivity contribution < 1.29 is 8.42 Å². The maximum Gasteiger partial charge on any atom is 0.243 e. The Morgan fingerprint density at radius 2 is 1.55 bits per heavy atom. The Labute approximate surface area is 177 Å². The highest BCUT2D eigenvalue weighted by Gasteiger charge is 2.29. The lowest BCUT2D eigenvalue weighted by atomic mass is 10.0. The second-order valence-electron chi connectivity index (χ2n) is 7.63. The molecule has 1 atom stereocenters. The fourth-order valence-corrected chi connectivity index (χ4v) is 5.54. The first kappa shape index (κ1) is 20.4. The van der Waals surface area contributed by atoms with E-state index < -0.39 is 10.0 Å². The van der Waals surface area contributed by atoms with Crippen LogP contribution in [-0.2, 0) is 10.0 Å². The summed E-state index contributed by atoms with van der Waals surface area (Å²) in [6, 6.07) is 10.8. The molecule has 0 unspecified atom stereocenters. The van der Waals surface area contributed by atoms with Gasteiger partial charge in [-0.2, -0.15) is 4.31 Å². The van der Waals surface area contributed by atoms with Crippen molar-refractivity contribution in [3.05, 3.63) is 41.4 Å². The first-order valence-corrected chi connectivity index (χ1v) is 11.9. The van der Waals surface area contributed by atoms with Crippen LogP contribution in [0.2, 0.25) is 5.02 Å². The average Bonchev–Trinajstić information content (AvgIpc) is 2.75. The maximum absolute atomic E-state index is 12.8. The number of hydrogen-bond acceptors (Lipinski definition) is 6. The summed E-state index contributed by atoms with van der Waals surface area (Å²) in [6.07, 6.45) is 3.65. The fourth-order valence-electron chi connectivity index (χ4n) is 3.99. The highest BCUT2D eigenvalue weighted by Crippen LogP contribution is 2.25. The monoisotopic (exact) mass is 435 g/mol. The van der Waals surface area contributed by atoms with Crippen LogP contribution in [0, 0.1) is 0 Å². The molecular weight excluding hydrogens is 410 g/mol. The molecular formula is C20H26ClN5O2S. The largest absolute Gasteiger partial charge is 0.352 e. The van der Waals surface area contributed by atoms with Gasteiger partial charge in [0.05, 0.1) is 4.90 Å². The quantitative estimate of drug-likeness (QED) is 0.735. The van der Waals surface area contributed by atoms with Crippen LogP contribution in [0.4, 0.5) is 11.6 Å². The number of rotatable bonds is 4. The Morgan fingerprint density at radius 1 is 0.897 bits per heavy atom. The van der Waals surface area contributed by atoms with Gasteiger partial charge in [-0.3, -0.25) is 0 Å². The first-order chi connectivity index (χ1) is 13.9. The van der Waals surface area contributed by atoms with Crippen LogP contribution in [0.1, 0.15) is 26.2 Å². The number of nitrogens with zero attached hydrogens (tertiary/aromatic N) is 5. The van der Waals surface area contributed by atoms with Gasteiger partial charge in [0, 0.05) is 43.8 Å². The van der Waals surface area contributed by atoms with Crippen LogP contribution < -0.4 is 9.80 Å². The Morgan fingerprint density at radius 3 is 2.17 bits per heavy atom. The Bertz CT molecular complexity index is 928. The van der Waals surface area contributed by atoms with Crippen molar-refractivity contribution >= 4 is 33.3 Å².